The van der Waals surface area contributed by atoms with E-state index in [9.17, 15) is 9.59 Å². The molecule has 1 aliphatic heterocycles. The molecule has 8 heteroatoms. The van der Waals surface area contributed by atoms with Gasteiger partial charge in [-0.05, 0) is 43.5 Å². The zero-order valence-electron chi connectivity index (χ0n) is 14.8. The highest BCUT2D eigenvalue weighted by molar-refractivity contribution is 7.15. The van der Waals surface area contributed by atoms with Gasteiger partial charge in [0.25, 0.3) is 5.91 Å². The second kappa shape index (κ2) is 8.37. The van der Waals surface area contributed by atoms with Crippen LogP contribution in [0, 0.1) is 5.92 Å². The molecule has 0 bridgehead atoms. The van der Waals surface area contributed by atoms with Crippen LogP contribution in [0.4, 0.5) is 5.13 Å². The number of benzene rings is 1. The molecule has 0 aliphatic carbocycles. The predicted octanol–water partition coefficient (Wildman–Crippen LogP) is 2.05. The van der Waals surface area contributed by atoms with Crippen LogP contribution in [0.3, 0.4) is 0 Å². The van der Waals surface area contributed by atoms with Gasteiger partial charge in [-0.2, -0.15) is 0 Å². The average molecular weight is 373 g/mol. The van der Waals surface area contributed by atoms with Crippen LogP contribution in [0.25, 0.3) is 0 Å². The molecule has 2 aromatic rings. The Labute approximate surface area is 156 Å². The average Bonchev–Trinajstić information content (AvgIpc) is 3.09. The number of nitrogens with zero attached hydrogens (tertiary/aromatic N) is 3. The molecule has 138 valence electrons. The third kappa shape index (κ3) is 4.64. The Balaban J connectivity index is 1.64. The van der Waals surface area contributed by atoms with Crippen LogP contribution in [-0.2, 0) is 17.8 Å². The maximum Gasteiger partial charge on any atom is 0.257 e. The first kappa shape index (κ1) is 18.5. The van der Waals surface area contributed by atoms with Crippen molar-refractivity contribution in [2.75, 3.05) is 18.4 Å². The molecule has 0 spiro atoms. The largest absolute Gasteiger partial charge is 0.369 e. The van der Waals surface area contributed by atoms with Crippen molar-refractivity contribution in [3.8, 4) is 0 Å². The van der Waals surface area contributed by atoms with Crippen molar-refractivity contribution >= 4 is 28.3 Å². The van der Waals surface area contributed by atoms with Crippen molar-refractivity contribution in [1.82, 2.24) is 15.1 Å². The van der Waals surface area contributed by atoms with Gasteiger partial charge in [-0.1, -0.05) is 30.4 Å². The molecule has 2 heterocycles. The lowest BCUT2D eigenvalue weighted by atomic mass is 9.97. The third-order valence-electron chi connectivity index (χ3n) is 4.49. The number of primary amides is 1. The SMILES string of the molecule is CCc1nnc(NC(=O)c2cccc(CN3CCC[C@H](C(N)=O)C3)c2)s1. The molecule has 26 heavy (non-hydrogen) atoms. The summed E-state index contributed by atoms with van der Waals surface area (Å²) in [6.07, 6.45) is 2.62. The number of aromatic nitrogens is 2. The number of aryl methyl sites for hydroxylation is 1. The molecule has 3 rings (SSSR count). The number of nitrogens with one attached hydrogen (secondary N) is 1. The summed E-state index contributed by atoms with van der Waals surface area (Å²) in [6.45, 7) is 4.31. The van der Waals surface area contributed by atoms with E-state index >= 15 is 0 Å². The van der Waals surface area contributed by atoms with Gasteiger partial charge in [0.2, 0.25) is 11.0 Å². The molecular formula is C18H23N5O2S. The van der Waals surface area contributed by atoms with Crippen LogP contribution >= 0.6 is 11.3 Å². The fourth-order valence-corrected chi connectivity index (χ4v) is 3.79. The predicted molar refractivity (Wildman–Crippen MR) is 101 cm³/mol. The molecule has 1 fully saturated rings. The first-order chi connectivity index (χ1) is 12.5. The highest BCUT2D eigenvalue weighted by Crippen LogP contribution is 2.20. The van der Waals surface area contributed by atoms with Gasteiger partial charge in [-0.15, -0.1) is 10.2 Å². The Morgan fingerprint density at radius 2 is 2.23 bits per heavy atom. The molecule has 7 nitrogen and oxygen atoms in total. The lowest BCUT2D eigenvalue weighted by Crippen LogP contribution is -2.40. The Bertz CT molecular complexity index is 791. The topological polar surface area (TPSA) is 101 Å². The zero-order chi connectivity index (χ0) is 18.5. The lowest BCUT2D eigenvalue weighted by molar-refractivity contribution is -0.123. The molecular weight excluding hydrogens is 350 g/mol. The Morgan fingerprint density at radius 1 is 1.38 bits per heavy atom. The Morgan fingerprint density at radius 3 is 2.96 bits per heavy atom. The zero-order valence-corrected chi connectivity index (χ0v) is 15.6. The molecule has 0 unspecified atom stereocenters. The number of hydrogen-bond donors (Lipinski definition) is 2. The van der Waals surface area contributed by atoms with E-state index in [1.807, 2.05) is 25.1 Å². The van der Waals surface area contributed by atoms with Crippen molar-refractivity contribution in [3.05, 3.63) is 40.4 Å². The molecule has 1 aliphatic rings. The number of amides is 2. The summed E-state index contributed by atoms with van der Waals surface area (Å²) >= 11 is 1.39. The summed E-state index contributed by atoms with van der Waals surface area (Å²) in [7, 11) is 0. The highest BCUT2D eigenvalue weighted by Gasteiger charge is 2.24. The first-order valence-electron chi connectivity index (χ1n) is 8.79. The highest BCUT2D eigenvalue weighted by atomic mass is 32.1. The van der Waals surface area contributed by atoms with E-state index < -0.39 is 0 Å². The second-order valence-electron chi connectivity index (χ2n) is 6.49. The monoisotopic (exact) mass is 373 g/mol. The first-order valence-corrected chi connectivity index (χ1v) is 9.61. The number of hydrogen-bond acceptors (Lipinski definition) is 6. The molecule has 1 atom stereocenters. The standard InChI is InChI=1S/C18H23N5O2S/c1-2-15-21-22-18(26-15)20-17(25)13-6-3-5-12(9-13)10-23-8-4-7-14(11-23)16(19)24/h3,5-6,9,14H,2,4,7-8,10-11H2,1H3,(H2,19,24)(H,20,22,25)/t14-/m0/s1. The third-order valence-corrected chi connectivity index (χ3v) is 5.48. The number of nitrogens with two attached hydrogens (primary N) is 1. The van der Waals surface area contributed by atoms with Gasteiger partial charge >= 0.3 is 0 Å². The van der Waals surface area contributed by atoms with E-state index in [1.165, 1.54) is 11.3 Å². The number of anilines is 1. The minimum Gasteiger partial charge on any atom is -0.369 e. The van der Waals surface area contributed by atoms with Crippen LogP contribution < -0.4 is 11.1 Å². The van der Waals surface area contributed by atoms with Crippen molar-refractivity contribution in [2.45, 2.75) is 32.7 Å². The van der Waals surface area contributed by atoms with Crippen molar-refractivity contribution < 1.29 is 9.59 Å². The van der Waals surface area contributed by atoms with E-state index in [0.29, 0.717) is 23.8 Å². The van der Waals surface area contributed by atoms with Crippen LogP contribution in [0.15, 0.2) is 24.3 Å². The van der Waals surface area contributed by atoms with Crippen LogP contribution in [0.1, 0.15) is 40.7 Å². The fourth-order valence-electron chi connectivity index (χ4n) is 3.12. The molecule has 0 radical (unpaired) electrons. The van der Waals surface area contributed by atoms with Crippen molar-refractivity contribution in [2.24, 2.45) is 11.7 Å². The maximum absolute atomic E-state index is 12.5. The Kier molecular flexibility index (Phi) is 5.95. The van der Waals surface area contributed by atoms with E-state index in [4.69, 9.17) is 5.73 Å². The fraction of sp³-hybridized carbons (Fsp3) is 0.444. The van der Waals surface area contributed by atoms with E-state index in [0.717, 1.165) is 36.4 Å². The number of carbonyl (C=O) groups is 2. The smallest absolute Gasteiger partial charge is 0.257 e. The van der Waals surface area contributed by atoms with Gasteiger partial charge < -0.3 is 5.73 Å². The van der Waals surface area contributed by atoms with E-state index in [2.05, 4.69) is 20.4 Å². The molecule has 2 amide bonds. The van der Waals surface area contributed by atoms with E-state index in [-0.39, 0.29) is 17.7 Å². The summed E-state index contributed by atoms with van der Waals surface area (Å²) in [4.78, 5) is 26.1. The van der Waals surface area contributed by atoms with Gasteiger partial charge in [-0.25, -0.2) is 0 Å². The minimum atomic E-state index is -0.230. The van der Waals surface area contributed by atoms with Gasteiger partial charge in [0, 0.05) is 18.7 Å². The van der Waals surface area contributed by atoms with Gasteiger partial charge in [0.05, 0.1) is 5.92 Å². The van der Waals surface area contributed by atoms with Gasteiger partial charge in [0.1, 0.15) is 5.01 Å². The molecule has 1 aromatic carbocycles. The maximum atomic E-state index is 12.5. The molecule has 1 aromatic heterocycles. The summed E-state index contributed by atoms with van der Waals surface area (Å²) in [6, 6.07) is 7.52. The number of piperidine rings is 1. The van der Waals surface area contributed by atoms with Crippen molar-refractivity contribution in [1.29, 1.82) is 0 Å². The van der Waals surface area contributed by atoms with E-state index in [1.54, 1.807) is 6.07 Å². The molecule has 0 saturated carbocycles. The minimum absolute atomic E-state index is 0.0830. The van der Waals surface area contributed by atoms with Crippen molar-refractivity contribution in [3.63, 3.8) is 0 Å². The number of carbonyl (C=O) groups excluding carboxylic acids is 2. The lowest BCUT2D eigenvalue weighted by Gasteiger charge is -2.31. The van der Waals surface area contributed by atoms with Crippen LogP contribution in [0.5, 0.6) is 0 Å². The van der Waals surface area contributed by atoms with Gasteiger partial charge in [-0.3, -0.25) is 19.8 Å². The summed E-state index contributed by atoms with van der Waals surface area (Å²) < 4.78 is 0. The molecule has 3 N–H and O–H groups in total. The van der Waals surface area contributed by atoms with Crippen LogP contribution in [0.2, 0.25) is 0 Å². The second-order valence-corrected chi connectivity index (χ2v) is 7.55. The summed E-state index contributed by atoms with van der Waals surface area (Å²) in [5.41, 5.74) is 7.06. The van der Waals surface area contributed by atoms with Gasteiger partial charge in [0.15, 0.2) is 0 Å². The summed E-state index contributed by atoms with van der Waals surface area (Å²) in [5, 5.41) is 12.2. The summed E-state index contributed by atoms with van der Waals surface area (Å²) in [5.74, 6) is -0.508. The number of likely N-dealkylation sites (tertiary alicyclic amines) is 1. The normalized spacial score (nSPS) is 17.8. The molecule has 1 saturated heterocycles. The quantitative estimate of drug-likeness (QED) is 0.807. The van der Waals surface area contributed by atoms with Crippen LogP contribution in [-0.4, -0.2) is 40.0 Å². The number of rotatable bonds is 6. The Hall–Kier alpha value is -2.32.